The van der Waals surface area contributed by atoms with E-state index in [-0.39, 0.29) is 13.6 Å². The van der Waals surface area contributed by atoms with Gasteiger partial charge >= 0.3 is 0 Å². The van der Waals surface area contributed by atoms with Crippen molar-refractivity contribution in [1.82, 2.24) is 0 Å². The van der Waals surface area contributed by atoms with Crippen LogP contribution in [0, 0.1) is 6.92 Å². The standard InChI is InChI=1S/C64H86O8S2/c1-12-69-46-71-63-55(11)59(64(72-47-70-13-2)61-39-21-20-38-60(61)63)42-40-50(6)30-25-33-54(10)62(74(67,68)57-36-18-15-19-37-57)43-41-51(7)29-24-32-53(9)45-58(73(65,66)56-34-16-14-17-35-56)44-52(8)31-23-28-49(5)27-22-26-48(3)4/h14-21,26,28,32-41,44,58,62H,12-13,22-25,27,29-31,42-43,45-47H2,1-11H3/b49-28+,50-40+,51-41+,52-44+,53-32+,54-33+. The van der Waals surface area contributed by atoms with Crippen LogP contribution in [0.15, 0.2) is 176 Å². The van der Waals surface area contributed by atoms with Crippen LogP contribution < -0.4 is 9.47 Å². The van der Waals surface area contributed by atoms with E-state index in [2.05, 4.69) is 71.1 Å². The van der Waals surface area contributed by atoms with Gasteiger partial charge in [0.05, 0.1) is 20.3 Å². The molecule has 4 aromatic carbocycles. The highest BCUT2D eigenvalue weighted by Gasteiger charge is 2.29. The number of benzene rings is 4. The molecule has 0 saturated heterocycles. The van der Waals surface area contributed by atoms with E-state index in [0.29, 0.717) is 55.1 Å². The fourth-order valence-electron chi connectivity index (χ4n) is 8.92. The van der Waals surface area contributed by atoms with Gasteiger partial charge in [0, 0.05) is 29.5 Å². The lowest BCUT2D eigenvalue weighted by molar-refractivity contribution is 0.0207. The molecule has 402 valence electrons. The highest BCUT2D eigenvalue weighted by Crippen LogP contribution is 2.41. The lowest BCUT2D eigenvalue weighted by atomic mass is 9.95. The van der Waals surface area contributed by atoms with E-state index in [1.165, 1.54) is 16.7 Å². The number of hydrogen-bond donors (Lipinski definition) is 0. The van der Waals surface area contributed by atoms with Gasteiger partial charge in [-0.25, -0.2) is 16.8 Å². The quantitative estimate of drug-likeness (QED) is 0.0271. The Morgan fingerprint density at radius 1 is 0.514 bits per heavy atom. The lowest BCUT2D eigenvalue weighted by Crippen LogP contribution is -2.22. The van der Waals surface area contributed by atoms with Crippen molar-refractivity contribution in [3.63, 3.8) is 0 Å². The summed E-state index contributed by atoms with van der Waals surface area (Å²) in [6.07, 6.45) is 22.9. The first-order valence-corrected chi connectivity index (χ1v) is 29.6. The van der Waals surface area contributed by atoms with Gasteiger partial charge in [0.15, 0.2) is 33.3 Å². The Morgan fingerprint density at radius 3 is 1.54 bits per heavy atom. The summed E-state index contributed by atoms with van der Waals surface area (Å²) in [5.41, 5.74) is 9.82. The topological polar surface area (TPSA) is 105 Å². The second-order valence-electron chi connectivity index (χ2n) is 19.8. The first-order valence-electron chi connectivity index (χ1n) is 26.5. The number of hydrogen-bond acceptors (Lipinski definition) is 8. The largest absolute Gasteiger partial charge is 0.467 e. The molecule has 0 N–H and O–H groups in total. The van der Waals surface area contributed by atoms with E-state index in [1.54, 1.807) is 48.5 Å². The second-order valence-corrected chi connectivity index (χ2v) is 24.1. The molecule has 0 saturated carbocycles. The van der Waals surface area contributed by atoms with Crippen molar-refractivity contribution in [3.8, 4) is 11.5 Å². The fraction of sp³-hybridized carbons (Fsp3) is 0.438. The molecule has 8 nitrogen and oxygen atoms in total. The third-order valence-corrected chi connectivity index (χ3v) is 17.6. The first-order chi connectivity index (χ1) is 35.4. The van der Waals surface area contributed by atoms with Gasteiger partial charge < -0.3 is 18.9 Å². The van der Waals surface area contributed by atoms with Crippen LogP contribution in [-0.4, -0.2) is 54.1 Å². The summed E-state index contributed by atoms with van der Waals surface area (Å²) < 4.78 is 80.5. The minimum absolute atomic E-state index is 0.135. The van der Waals surface area contributed by atoms with Gasteiger partial charge in [-0.05, 0) is 177 Å². The predicted molar refractivity (Wildman–Crippen MR) is 310 cm³/mol. The number of allylic oxidation sites excluding steroid dienone is 12. The molecule has 0 aliphatic heterocycles. The van der Waals surface area contributed by atoms with Crippen LogP contribution in [0.3, 0.4) is 0 Å². The Morgan fingerprint density at radius 2 is 0.973 bits per heavy atom. The molecule has 2 unspecified atom stereocenters. The molecule has 4 rings (SSSR count). The fourth-order valence-corrected chi connectivity index (χ4v) is 12.5. The van der Waals surface area contributed by atoms with E-state index >= 15 is 0 Å². The molecule has 0 aliphatic carbocycles. The van der Waals surface area contributed by atoms with Crippen molar-refractivity contribution in [2.24, 2.45) is 0 Å². The molecule has 0 fully saturated rings. The van der Waals surface area contributed by atoms with E-state index in [1.807, 2.05) is 84.0 Å². The summed E-state index contributed by atoms with van der Waals surface area (Å²) in [4.78, 5) is 0.637. The van der Waals surface area contributed by atoms with Gasteiger partial charge in [-0.15, -0.1) is 0 Å². The Hall–Kier alpha value is -5.26. The summed E-state index contributed by atoms with van der Waals surface area (Å²) in [7, 11) is -7.34. The molecule has 0 aliphatic rings. The zero-order valence-electron chi connectivity index (χ0n) is 46.5. The van der Waals surface area contributed by atoms with Gasteiger partial charge in [0.1, 0.15) is 11.5 Å². The zero-order valence-corrected chi connectivity index (χ0v) is 48.1. The van der Waals surface area contributed by atoms with Gasteiger partial charge in [-0.3, -0.25) is 0 Å². The first kappa shape index (κ1) is 61.3. The average Bonchev–Trinajstić information content (AvgIpc) is 3.37. The minimum atomic E-state index is -3.71. The Labute approximate surface area is 446 Å². The Bertz CT molecular complexity index is 2840. The van der Waals surface area contributed by atoms with Gasteiger partial charge in [0.25, 0.3) is 0 Å². The van der Waals surface area contributed by atoms with Crippen molar-refractivity contribution in [1.29, 1.82) is 0 Å². The van der Waals surface area contributed by atoms with E-state index in [4.69, 9.17) is 18.9 Å². The van der Waals surface area contributed by atoms with Crippen LogP contribution in [0.4, 0.5) is 0 Å². The summed E-state index contributed by atoms with van der Waals surface area (Å²) in [5, 5.41) is 0.471. The molecule has 0 amide bonds. The molecule has 2 atom stereocenters. The van der Waals surface area contributed by atoms with Gasteiger partial charge in [0.2, 0.25) is 0 Å². The van der Waals surface area contributed by atoms with Crippen molar-refractivity contribution in [2.75, 3.05) is 26.8 Å². The molecule has 10 heteroatoms. The summed E-state index contributed by atoms with van der Waals surface area (Å²) >= 11 is 0. The van der Waals surface area contributed by atoms with Crippen LogP contribution in [0.2, 0.25) is 0 Å². The molecule has 0 radical (unpaired) electrons. The zero-order chi connectivity index (χ0) is 54.1. The van der Waals surface area contributed by atoms with E-state index in [9.17, 15) is 16.8 Å². The van der Waals surface area contributed by atoms with Crippen LogP contribution in [0.1, 0.15) is 145 Å². The summed E-state index contributed by atoms with van der Waals surface area (Å²) in [6.45, 7) is 23.9. The maximum Gasteiger partial charge on any atom is 0.189 e. The maximum absolute atomic E-state index is 14.3. The molecular formula is C64H86O8S2. The van der Waals surface area contributed by atoms with Crippen LogP contribution in [0.25, 0.3) is 10.8 Å². The maximum atomic E-state index is 14.3. The normalized spacial score (nSPS) is 14.3. The SMILES string of the molecule is CCOCOc1c(C)c(C/C=C(\C)CC/C=C(\C)C(C/C=C(\C)CC/C=C(\C)CC(/C=C(\C)CC/C=C(\C)CCC=C(C)C)S(=O)(=O)c2ccccc2)S(=O)(=O)c2ccccc2)c(OCOCC)c2ccccc12. The second kappa shape index (κ2) is 31.6. The number of ether oxygens (including phenoxy) is 4. The highest BCUT2D eigenvalue weighted by molar-refractivity contribution is 7.92. The third-order valence-electron chi connectivity index (χ3n) is 13.4. The molecule has 0 aromatic heterocycles. The van der Waals surface area contributed by atoms with Crippen molar-refractivity contribution in [3.05, 3.63) is 178 Å². The summed E-state index contributed by atoms with van der Waals surface area (Å²) in [5.74, 6) is 1.55. The Balaban J connectivity index is 1.50. The van der Waals surface area contributed by atoms with Crippen LogP contribution in [0.5, 0.6) is 11.5 Å². The number of sulfone groups is 2. The molecule has 0 heterocycles. The summed E-state index contributed by atoms with van der Waals surface area (Å²) in [6, 6.07) is 25.5. The number of rotatable bonds is 32. The lowest BCUT2D eigenvalue weighted by Gasteiger charge is -2.20. The van der Waals surface area contributed by atoms with Crippen molar-refractivity contribution in [2.45, 2.75) is 167 Å². The van der Waals surface area contributed by atoms with Crippen LogP contribution in [-0.2, 0) is 35.6 Å². The Kier molecular flexibility index (Phi) is 26.2. The molecule has 0 bridgehead atoms. The highest BCUT2D eigenvalue weighted by atomic mass is 32.2. The van der Waals surface area contributed by atoms with Gasteiger partial charge in [-0.2, -0.15) is 0 Å². The van der Waals surface area contributed by atoms with E-state index in [0.717, 1.165) is 94.2 Å². The molecule has 74 heavy (non-hydrogen) atoms. The molecule has 4 aromatic rings. The smallest absolute Gasteiger partial charge is 0.189 e. The minimum Gasteiger partial charge on any atom is -0.467 e. The third kappa shape index (κ3) is 19.5. The van der Waals surface area contributed by atoms with E-state index < -0.39 is 30.2 Å². The van der Waals surface area contributed by atoms with Crippen molar-refractivity contribution >= 4 is 30.4 Å². The predicted octanol–water partition coefficient (Wildman–Crippen LogP) is 16.7. The van der Waals surface area contributed by atoms with Crippen molar-refractivity contribution < 1.29 is 35.8 Å². The van der Waals surface area contributed by atoms with Gasteiger partial charge in [-0.1, -0.05) is 142 Å². The molecular weight excluding hydrogens is 961 g/mol. The van der Waals surface area contributed by atoms with Crippen LogP contribution >= 0.6 is 0 Å². The monoisotopic (exact) mass is 1050 g/mol. The number of fused-ring (bicyclic) bond motifs is 1. The molecule has 0 spiro atoms. The average molecular weight is 1050 g/mol.